The zero-order valence-electron chi connectivity index (χ0n) is 13.2. The number of rotatable bonds is 5. The van der Waals surface area contributed by atoms with Gasteiger partial charge in [-0.25, -0.2) is 5.43 Å². The van der Waals surface area contributed by atoms with Gasteiger partial charge < -0.3 is 0 Å². The first kappa shape index (κ1) is 15.7. The lowest BCUT2D eigenvalue weighted by Gasteiger charge is -2.16. The summed E-state index contributed by atoms with van der Waals surface area (Å²) in [6.07, 6.45) is 1.64. The Hall–Kier alpha value is -3.20. The van der Waals surface area contributed by atoms with Gasteiger partial charge in [0, 0.05) is 0 Å². The molecule has 0 aliphatic carbocycles. The van der Waals surface area contributed by atoms with E-state index in [-0.39, 0.29) is 11.8 Å². The van der Waals surface area contributed by atoms with Crippen molar-refractivity contribution >= 4 is 12.1 Å². The fourth-order valence-electron chi connectivity index (χ4n) is 2.56. The molecular formula is C21H18N2O. The fourth-order valence-corrected chi connectivity index (χ4v) is 2.56. The van der Waals surface area contributed by atoms with Crippen LogP contribution in [-0.2, 0) is 4.79 Å². The van der Waals surface area contributed by atoms with Crippen molar-refractivity contribution in [2.75, 3.05) is 0 Å². The number of carbonyl (C=O) groups excluding carboxylic acids is 1. The fraction of sp³-hybridized carbons (Fsp3) is 0.0476. The smallest absolute Gasteiger partial charge is 0.252 e. The Bertz CT molecular complexity index is 760. The molecule has 3 aromatic rings. The van der Waals surface area contributed by atoms with Gasteiger partial charge in [-0.05, 0) is 16.7 Å². The van der Waals surface area contributed by atoms with E-state index in [9.17, 15) is 4.79 Å². The molecule has 0 atom stereocenters. The maximum atomic E-state index is 12.7. The molecule has 0 aromatic heterocycles. The highest BCUT2D eigenvalue weighted by Gasteiger charge is 2.21. The first-order valence-corrected chi connectivity index (χ1v) is 7.82. The number of nitrogens with zero attached hydrogens (tertiary/aromatic N) is 1. The van der Waals surface area contributed by atoms with Gasteiger partial charge in [0.05, 0.1) is 12.1 Å². The lowest BCUT2D eigenvalue weighted by Crippen LogP contribution is -2.26. The minimum absolute atomic E-state index is 0.153. The van der Waals surface area contributed by atoms with Gasteiger partial charge in [-0.2, -0.15) is 5.10 Å². The largest absolute Gasteiger partial charge is 0.272 e. The van der Waals surface area contributed by atoms with Crippen molar-refractivity contribution in [1.82, 2.24) is 5.43 Å². The minimum atomic E-state index is -0.389. The Morgan fingerprint density at radius 3 is 1.71 bits per heavy atom. The molecule has 3 nitrogen and oxygen atoms in total. The van der Waals surface area contributed by atoms with Gasteiger partial charge in [-0.15, -0.1) is 0 Å². The summed E-state index contributed by atoms with van der Waals surface area (Å²) in [6, 6.07) is 29.1. The van der Waals surface area contributed by atoms with Crippen LogP contribution < -0.4 is 5.43 Å². The van der Waals surface area contributed by atoms with Crippen molar-refractivity contribution in [3.05, 3.63) is 108 Å². The second kappa shape index (κ2) is 7.88. The van der Waals surface area contributed by atoms with Crippen molar-refractivity contribution in [1.29, 1.82) is 0 Å². The minimum Gasteiger partial charge on any atom is -0.272 e. The topological polar surface area (TPSA) is 41.5 Å². The lowest BCUT2D eigenvalue weighted by atomic mass is 9.91. The molecule has 1 N–H and O–H groups in total. The summed E-state index contributed by atoms with van der Waals surface area (Å²) in [4.78, 5) is 12.7. The van der Waals surface area contributed by atoms with E-state index in [1.54, 1.807) is 6.21 Å². The van der Waals surface area contributed by atoms with Gasteiger partial charge in [0.15, 0.2) is 0 Å². The number of nitrogens with one attached hydrogen (secondary N) is 1. The normalized spacial score (nSPS) is 10.9. The van der Waals surface area contributed by atoms with Gasteiger partial charge >= 0.3 is 0 Å². The van der Waals surface area contributed by atoms with Crippen molar-refractivity contribution in [2.24, 2.45) is 5.10 Å². The van der Waals surface area contributed by atoms with Crippen LogP contribution in [0.5, 0.6) is 0 Å². The molecular weight excluding hydrogens is 296 g/mol. The maximum absolute atomic E-state index is 12.7. The number of hydrogen-bond acceptors (Lipinski definition) is 2. The third-order valence-electron chi connectivity index (χ3n) is 3.72. The molecule has 3 aromatic carbocycles. The van der Waals surface area contributed by atoms with E-state index in [4.69, 9.17) is 0 Å². The van der Waals surface area contributed by atoms with E-state index in [0.717, 1.165) is 16.7 Å². The third-order valence-corrected chi connectivity index (χ3v) is 3.72. The standard InChI is InChI=1S/C21H18N2O/c24-21(23-22-16-17-10-4-1-5-11-17)20(18-12-6-2-7-13-18)19-14-8-3-9-15-19/h1-16,20H,(H,23,24)/b22-16-. The van der Waals surface area contributed by atoms with Crippen LogP contribution in [0.25, 0.3) is 0 Å². The van der Waals surface area contributed by atoms with Crippen molar-refractivity contribution in [3.8, 4) is 0 Å². The molecule has 0 spiro atoms. The molecule has 0 heterocycles. The summed E-state index contributed by atoms with van der Waals surface area (Å²) in [5.74, 6) is -0.542. The molecule has 24 heavy (non-hydrogen) atoms. The molecule has 0 aliphatic heterocycles. The van der Waals surface area contributed by atoms with Crippen LogP contribution in [0.3, 0.4) is 0 Å². The van der Waals surface area contributed by atoms with Gasteiger partial charge in [0.1, 0.15) is 0 Å². The van der Waals surface area contributed by atoms with E-state index >= 15 is 0 Å². The van der Waals surface area contributed by atoms with E-state index in [1.165, 1.54) is 0 Å². The predicted molar refractivity (Wildman–Crippen MR) is 96.9 cm³/mol. The number of amides is 1. The van der Waals surface area contributed by atoms with E-state index in [1.807, 2.05) is 91.0 Å². The molecule has 118 valence electrons. The molecule has 3 heteroatoms. The van der Waals surface area contributed by atoms with Crippen LogP contribution in [0.15, 0.2) is 96.1 Å². The van der Waals surface area contributed by atoms with Crippen molar-refractivity contribution in [2.45, 2.75) is 5.92 Å². The molecule has 0 saturated heterocycles. The van der Waals surface area contributed by atoms with Crippen LogP contribution in [0, 0.1) is 0 Å². The van der Waals surface area contributed by atoms with Gasteiger partial charge in [-0.1, -0.05) is 91.0 Å². The van der Waals surface area contributed by atoms with Crippen LogP contribution in [-0.4, -0.2) is 12.1 Å². The maximum Gasteiger partial charge on any atom is 0.252 e. The Morgan fingerprint density at radius 2 is 1.21 bits per heavy atom. The Kier molecular flexibility index (Phi) is 5.15. The second-order valence-electron chi connectivity index (χ2n) is 5.40. The number of hydrazone groups is 1. The van der Waals surface area contributed by atoms with E-state index in [2.05, 4.69) is 10.5 Å². The van der Waals surface area contributed by atoms with Crippen molar-refractivity contribution < 1.29 is 4.79 Å². The highest BCUT2D eigenvalue weighted by atomic mass is 16.2. The lowest BCUT2D eigenvalue weighted by molar-refractivity contribution is -0.121. The Balaban J connectivity index is 1.81. The molecule has 3 rings (SSSR count). The molecule has 0 radical (unpaired) electrons. The molecule has 0 aliphatic rings. The highest BCUT2D eigenvalue weighted by Crippen LogP contribution is 2.24. The van der Waals surface area contributed by atoms with Crippen LogP contribution >= 0.6 is 0 Å². The number of benzene rings is 3. The SMILES string of the molecule is O=C(N/N=C\c1ccccc1)C(c1ccccc1)c1ccccc1. The molecule has 0 unspecified atom stereocenters. The van der Waals surface area contributed by atoms with Crippen molar-refractivity contribution in [3.63, 3.8) is 0 Å². The van der Waals surface area contributed by atoms with Gasteiger partial charge in [0.2, 0.25) is 0 Å². The Morgan fingerprint density at radius 1 is 0.750 bits per heavy atom. The third kappa shape index (κ3) is 3.96. The zero-order valence-corrected chi connectivity index (χ0v) is 13.2. The highest BCUT2D eigenvalue weighted by molar-refractivity contribution is 5.88. The predicted octanol–water partition coefficient (Wildman–Crippen LogP) is 3.97. The Labute approximate surface area is 141 Å². The monoisotopic (exact) mass is 314 g/mol. The molecule has 0 fully saturated rings. The van der Waals surface area contributed by atoms with Gasteiger partial charge in [-0.3, -0.25) is 4.79 Å². The second-order valence-corrected chi connectivity index (χ2v) is 5.40. The summed E-state index contributed by atoms with van der Waals surface area (Å²) in [5.41, 5.74) is 5.48. The summed E-state index contributed by atoms with van der Waals surface area (Å²) in [7, 11) is 0. The number of carbonyl (C=O) groups is 1. The summed E-state index contributed by atoms with van der Waals surface area (Å²) in [6.45, 7) is 0. The average Bonchev–Trinajstić information content (AvgIpc) is 2.65. The van der Waals surface area contributed by atoms with Gasteiger partial charge in [0.25, 0.3) is 5.91 Å². The summed E-state index contributed by atoms with van der Waals surface area (Å²) < 4.78 is 0. The average molecular weight is 314 g/mol. The van der Waals surface area contributed by atoms with Crippen LogP contribution in [0.4, 0.5) is 0 Å². The van der Waals surface area contributed by atoms with E-state index in [0.29, 0.717) is 0 Å². The molecule has 0 bridgehead atoms. The number of hydrogen-bond donors (Lipinski definition) is 1. The van der Waals surface area contributed by atoms with Crippen LogP contribution in [0.1, 0.15) is 22.6 Å². The first-order valence-electron chi connectivity index (χ1n) is 7.82. The van der Waals surface area contributed by atoms with E-state index < -0.39 is 0 Å². The first-order chi connectivity index (χ1) is 11.8. The summed E-state index contributed by atoms with van der Waals surface area (Å²) in [5, 5.41) is 4.09. The summed E-state index contributed by atoms with van der Waals surface area (Å²) >= 11 is 0. The molecule has 1 amide bonds. The molecule has 0 saturated carbocycles. The zero-order chi connectivity index (χ0) is 16.6. The van der Waals surface area contributed by atoms with Crippen LogP contribution in [0.2, 0.25) is 0 Å². The quantitative estimate of drug-likeness (QED) is 0.562.